The van der Waals surface area contributed by atoms with Gasteiger partial charge in [0.15, 0.2) is 0 Å². The highest BCUT2D eigenvalue weighted by molar-refractivity contribution is 9.10. The molecule has 1 aliphatic heterocycles. The Balaban J connectivity index is 2.21. The molecule has 0 atom stereocenters. The van der Waals surface area contributed by atoms with E-state index in [-0.39, 0.29) is 18.5 Å². The first kappa shape index (κ1) is 12.4. The van der Waals surface area contributed by atoms with Gasteiger partial charge in [-0.25, -0.2) is 13.2 Å². The number of hydrogen-bond donors (Lipinski definition) is 0. The molecule has 0 unspecified atom stereocenters. The Morgan fingerprint density at radius 2 is 2.12 bits per heavy atom. The molecular formula is C11H9BrF3NO. The molecule has 1 aromatic carbocycles. The Hall–Kier alpha value is -1.04. The molecule has 2 nitrogen and oxygen atoms in total. The molecule has 1 amide bonds. The molecule has 0 N–H and O–H groups in total. The monoisotopic (exact) mass is 307 g/mol. The predicted molar refractivity (Wildman–Crippen MR) is 59.6 cm³/mol. The highest BCUT2D eigenvalue weighted by Gasteiger charge is 2.40. The first-order valence-corrected chi connectivity index (χ1v) is 5.80. The van der Waals surface area contributed by atoms with Gasteiger partial charge in [-0.1, -0.05) is 15.9 Å². The maximum Gasteiger partial charge on any atom is 0.267 e. The summed E-state index contributed by atoms with van der Waals surface area (Å²) in [5.41, 5.74) is -0.175. The van der Waals surface area contributed by atoms with Crippen LogP contribution in [-0.4, -0.2) is 29.8 Å². The molecule has 0 aromatic heterocycles. The first-order valence-electron chi connectivity index (χ1n) is 5.01. The standard InChI is InChI=1S/C11H9BrF3NO/c12-7-1-2-8(9(13)5-7)10(17)16-4-3-11(14,15)6-16/h1-2,5H,3-4,6H2. The Morgan fingerprint density at radius 3 is 2.65 bits per heavy atom. The van der Waals surface area contributed by atoms with Crippen molar-refractivity contribution < 1.29 is 18.0 Å². The number of halogens is 4. The zero-order chi connectivity index (χ0) is 12.6. The van der Waals surface area contributed by atoms with Gasteiger partial charge in [-0.15, -0.1) is 0 Å². The Labute approximate surface area is 105 Å². The summed E-state index contributed by atoms with van der Waals surface area (Å²) >= 11 is 3.06. The van der Waals surface area contributed by atoms with Crippen LogP contribution in [0.2, 0.25) is 0 Å². The summed E-state index contributed by atoms with van der Waals surface area (Å²) in [6, 6.07) is 3.93. The summed E-state index contributed by atoms with van der Waals surface area (Å²) in [6.45, 7) is -0.678. The molecule has 0 radical (unpaired) electrons. The van der Waals surface area contributed by atoms with Crippen molar-refractivity contribution >= 4 is 21.8 Å². The van der Waals surface area contributed by atoms with Crippen molar-refractivity contribution in [1.29, 1.82) is 0 Å². The van der Waals surface area contributed by atoms with Gasteiger partial charge in [0, 0.05) is 17.4 Å². The van der Waals surface area contributed by atoms with Crippen molar-refractivity contribution in [2.24, 2.45) is 0 Å². The summed E-state index contributed by atoms with van der Waals surface area (Å²) in [6.07, 6.45) is -0.364. The van der Waals surface area contributed by atoms with E-state index in [0.29, 0.717) is 4.47 Å². The van der Waals surface area contributed by atoms with Crippen LogP contribution in [0.5, 0.6) is 0 Å². The van der Waals surface area contributed by atoms with Crippen molar-refractivity contribution in [3.63, 3.8) is 0 Å². The molecule has 1 fully saturated rings. The molecule has 1 aliphatic rings. The van der Waals surface area contributed by atoms with Crippen molar-refractivity contribution in [2.45, 2.75) is 12.3 Å². The zero-order valence-corrected chi connectivity index (χ0v) is 10.3. The molecule has 1 heterocycles. The highest BCUT2D eigenvalue weighted by Crippen LogP contribution is 2.28. The van der Waals surface area contributed by atoms with E-state index in [2.05, 4.69) is 15.9 Å². The van der Waals surface area contributed by atoms with E-state index in [1.165, 1.54) is 12.1 Å². The van der Waals surface area contributed by atoms with E-state index < -0.39 is 24.2 Å². The van der Waals surface area contributed by atoms with Crippen molar-refractivity contribution in [1.82, 2.24) is 4.90 Å². The molecule has 0 spiro atoms. The number of likely N-dealkylation sites (tertiary alicyclic amines) is 1. The lowest BCUT2D eigenvalue weighted by molar-refractivity contribution is 0.0119. The van der Waals surface area contributed by atoms with Gasteiger partial charge >= 0.3 is 0 Å². The highest BCUT2D eigenvalue weighted by atomic mass is 79.9. The molecule has 92 valence electrons. The average Bonchev–Trinajstić information content (AvgIpc) is 2.58. The van der Waals surface area contributed by atoms with Crippen LogP contribution in [0.3, 0.4) is 0 Å². The fourth-order valence-electron chi connectivity index (χ4n) is 1.74. The molecule has 0 bridgehead atoms. The minimum Gasteiger partial charge on any atom is -0.332 e. The lowest BCUT2D eigenvalue weighted by Gasteiger charge is -2.16. The molecule has 2 rings (SSSR count). The van der Waals surface area contributed by atoms with Crippen molar-refractivity contribution in [3.8, 4) is 0 Å². The summed E-state index contributed by atoms with van der Waals surface area (Å²) < 4.78 is 39.9. The fourth-order valence-corrected chi connectivity index (χ4v) is 2.08. The maximum absolute atomic E-state index is 13.5. The zero-order valence-electron chi connectivity index (χ0n) is 8.72. The van der Waals surface area contributed by atoms with Gasteiger partial charge in [-0.3, -0.25) is 4.79 Å². The SMILES string of the molecule is O=C(c1ccc(Br)cc1F)N1CCC(F)(F)C1. The smallest absolute Gasteiger partial charge is 0.267 e. The molecule has 0 aliphatic carbocycles. The second kappa shape index (κ2) is 4.33. The van der Waals surface area contributed by atoms with Gasteiger partial charge in [0.1, 0.15) is 5.82 Å². The van der Waals surface area contributed by atoms with Crippen LogP contribution in [-0.2, 0) is 0 Å². The number of benzene rings is 1. The van der Waals surface area contributed by atoms with Gasteiger partial charge < -0.3 is 4.90 Å². The van der Waals surface area contributed by atoms with Crippen LogP contribution in [0.1, 0.15) is 16.8 Å². The second-order valence-electron chi connectivity index (χ2n) is 3.96. The van der Waals surface area contributed by atoms with Crippen LogP contribution in [0.4, 0.5) is 13.2 Å². The van der Waals surface area contributed by atoms with E-state index in [0.717, 1.165) is 11.0 Å². The van der Waals surface area contributed by atoms with Gasteiger partial charge in [-0.05, 0) is 18.2 Å². The van der Waals surface area contributed by atoms with Crippen LogP contribution < -0.4 is 0 Å². The molecule has 6 heteroatoms. The summed E-state index contributed by atoms with van der Waals surface area (Å²) in [5.74, 6) is -4.26. The van der Waals surface area contributed by atoms with Gasteiger partial charge in [-0.2, -0.15) is 0 Å². The van der Waals surface area contributed by atoms with E-state index >= 15 is 0 Å². The third-order valence-electron chi connectivity index (χ3n) is 2.62. The van der Waals surface area contributed by atoms with E-state index in [1.807, 2.05) is 0 Å². The van der Waals surface area contributed by atoms with Crippen LogP contribution in [0, 0.1) is 5.82 Å². The number of amides is 1. The Morgan fingerprint density at radius 1 is 1.41 bits per heavy atom. The van der Waals surface area contributed by atoms with Gasteiger partial charge in [0.25, 0.3) is 11.8 Å². The lowest BCUT2D eigenvalue weighted by Crippen LogP contribution is -2.31. The van der Waals surface area contributed by atoms with Crippen LogP contribution in [0.15, 0.2) is 22.7 Å². The van der Waals surface area contributed by atoms with Gasteiger partial charge in [0.05, 0.1) is 12.1 Å². The first-order chi connectivity index (χ1) is 7.89. The Bertz CT molecular complexity index is 464. The Kier molecular flexibility index (Phi) is 3.16. The third-order valence-corrected chi connectivity index (χ3v) is 3.11. The lowest BCUT2D eigenvalue weighted by atomic mass is 10.2. The summed E-state index contributed by atoms with van der Waals surface area (Å²) in [7, 11) is 0. The largest absolute Gasteiger partial charge is 0.332 e. The minimum absolute atomic E-state index is 0.0403. The molecular weight excluding hydrogens is 299 g/mol. The molecule has 1 saturated heterocycles. The number of carbonyl (C=O) groups is 1. The second-order valence-corrected chi connectivity index (χ2v) is 4.87. The predicted octanol–water partition coefficient (Wildman–Crippen LogP) is 3.07. The number of carbonyl (C=O) groups excluding carboxylic acids is 1. The number of hydrogen-bond acceptors (Lipinski definition) is 1. The summed E-state index contributed by atoms with van der Waals surface area (Å²) in [4.78, 5) is 12.8. The maximum atomic E-state index is 13.5. The minimum atomic E-state index is -2.86. The normalized spacial score (nSPS) is 18.5. The average molecular weight is 308 g/mol. The quantitative estimate of drug-likeness (QED) is 0.781. The fraction of sp³-hybridized carbons (Fsp3) is 0.364. The topological polar surface area (TPSA) is 20.3 Å². The van der Waals surface area contributed by atoms with E-state index in [4.69, 9.17) is 0 Å². The number of alkyl halides is 2. The van der Waals surface area contributed by atoms with Crippen LogP contribution in [0.25, 0.3) is 0 Å². The molecule has 1 aromatic rings. The van der Waals surface area contributed by atoms with E-state index in [1.54, 1.807) is 0 Å². The van der Waals surface area contributed by atoms with Crippen molar-refractivity contribution in [3.05, 3.63) is 34.1 Å². The third kappa shape index (κ3) is 2.62. The summed E-state index contributed by atoms with van der Waals surface area (Å²) in [5, 5.41) is 0. The van der Waals surface area contributed by atoms with Crippen LogP contribution >= 0.6 is 15.9 Å². The molecule has 17 heavy (non-hydrogen) atoms. The number of rotatable bonds is 1. The van der Waals surface area contributed by atoms with Gasteiger partial charge in [0.2, 0.25) is 0 Å². The van der Waals surface area contributed by atoms with E-state index in [9.17, 15) is 18.0 Å². The number of nitrogens with zero attached hydrogens (tertiary/aromatic N) is 1. The van der Waals surface area contributed by atoms with Crippen molar-refractivity contribution in [2.75, 3.05) is 13.1 Å². The molecule has 0 saturated carbocycles.